The number of hydrogen-bond donors (Lipinski definition) is 1. The molecule has 1 aromatic carbocycles. The minimum Gasteiger partial charge on any atom is -0.297 e. The number of nitrogens with one attached hydrogen (secondary N) is 1. The summed E-state index contributed by atoms with van der Waals surface area (Å²) in [5.41, 5.74) is -1.01. The van der Waals surface area contributed by atoms with Crippen LogP contribution in [0.3, 0.4) is 0 Å². The lowest BCUT2D eigenvalue weighted by Gasteiger charge is -2.19. The standard InChI is InChI=1S/C13H16F4N2O2S/c1-22(20,21)18-11-4-5-19(8-11)7-9-2-3-10(14)6-12(9)13(15,16)17/h2-3,6,11,18H,4-5,7-8H2,1H3. The van der Waals surface area contributed by atoms with Gasteiger partial charge < -0.3 is 0 Å². The molecule has 1 heterocycles. The first-order valence-corrected chi connectivity index (χ1v) is 8.49. The molecule has 1 fully saturated rings. The predicted molar refractivity (Wildman–Crippen MR) is 73.1 cm³/mol. The molecule has 0 saturated carbocycles. The summed E-state index contributed by atoms with van der Waals surface area (Å²) < 4.78 is 76.6. The van der Waals surface area contributed by atoms with Crippen LogP contribution in [0, 0.1) is 5.82 Å². The lowest BCUT2D eigenvalue weighted by Crippen LogP contribution is -2.36. The van der Waals surface area contributed by atoms with E-state index in [2.05, 4.69) is 4.72 Å². The van der Waals surface area contributed by atoms with Crippen LogP contribution in [0.4, 0.5) is 17.6 Å². The second-order valence-corrected chi connectivity index (χ2v) is 7.19. The summed E-state index contributed by atoms with van der Waals surface area (Å²) in [7, 11) is -3.35. The van der Waals surface area contributed by atoms with Gasteiger partial charge in [0.1, 0.15) is 5.82 Å². The number of halogens is 4. The molecule has 0 spiro atoms. The highest BCUT2D eigenvalue weighted by Crippen LogP contribution is 2.33. The quantitative estimate of drug-likeness (QED) is 0.853. The first-order valence-electron chi connectivity index (χ1n) is 6.60. The van der Waals surface area contributed by atoms with E-state index in [4.69, 9.17) is 0 Å². The Kier molecular flexibility index (Phi) is 4.78. The normalized spacial score (nSPS) is 20.5. The second-order valence-electron chi connectivity index (χ2n) is 5.41. The zero-order valence-corrected chi connectivity index (χ0v) is 12.6. The van der Waals surface area contributed by atoms with E-state index >= 15 is 0 Å². The van der Waals surface area contributed by atoms with Crippen LogP contribution in [0.15, 0.2) is 18.2 Å². The number of benzene rings is 1. The zero-order chi connectivity index (χ0) is 16.5. The van der Waals surface area contributed by atoms with Crippen LogP contribution in [0.5, 0.6) is 0 Å². The number of hydrogen-bond acceptors (Lipinski definition) is 3. The van der Waals surface area contributed by atoms with Gasteiger partial charge in [-0.05, 0) is 24.1 Å². The molecule has 4 nitrogen and oxygen atoms in total. The van der Waals surface area contributed by atoms with Crippen LogP contribution >= 0.6 is 0 Å². The van der Waals surface area contributed by atoms with Crippen molar-refractivity contribution in [2.24, 2.45) is 0 Å². The smallest absolute Gasteiger partial charge is 0.297 e. The van der Waals surface area contributed by atoms with Crippen molar-refractivity contribution in [1.82, 2.24) is 9.62 Å². The molecule has 1 aliphatic rings. The molecule has 0 radical (unpaired) electrons. The van der Waals surface area contributed by atoms with Crippen LogP contribution in [-0.4, -0.2) is 38.7 Å². The topological polar surface area (TPSA) is 49.4 Å². The average Bonchev–Trinajstić information content (AvgIpc) is 2.75. The maximum Gasteiger partial charge on any atom is 0.416 e. The van der Waals surface area contributed by atoms with Crippen molar-refractivity contribution in [2.45, 2.75) is 25.2 Å². The minimum absolute atomic E-state index is 0.00291. The van der Waals surface area contributed by atoms with E-state index in [1.54, 1.807) is 4.90 Å². The van der Waals surface area contributed by atoms with E-state index in [0.717, 1.165) is 18.4 Å². The Bertz CT molecular complexity index is 646. The van der Waals surface area contributed by atoms with Gasteiger partial charge in [0, 0.05) is 25.7 Å². The second kappa shape index (κ2) is 6.13. The first-order chi connectivity index (χ1) is 10.0. The number of alkyl halides is 3. The first kappa shape index (κ1) is 17.2. The van der Waals surface area contributed by atoms with Gasteiger partial charge in [0.15, 0.2) is 0 Å². The molecule has 1 aliphatic heterocycles. The monoisotopic (exact) mass is 340 g/mol. The molecule has 1 unspecified atom stereocenters. The Balaban J connectivity index is 2.09. The molecule has 0 bridgehead atoms. The van der Waals surface area contributed by atoms with Gasteiger partial charge in [-0.3, -0.25) is 4.90 Å². The van der Waals surface area contributed by atoms with Crippen molar-refractivity contribution in [3.05, 3.63) is 35.1 Å². The molecule has 1 atom stereocenters. The molecule has 0 aliphatic carbocycles. The summed E-state index contributed by atoms with van der Waals surface area (Å²) in [5.74, 6) is -0.936. The third-order valence-corrected chi connectivity index (χ3v) is 4.19. The SMILES string of the molecule is CS(=O)(=O)NC1CCN(Cc2ccc(F)cc2C(F)(F)F)C1. The van der Waals surface area contributed by atoms with Gasteiger partial charge >= 0.3 is 6.18 Å². The third-order valence-electron chi connectivity index (χ3n) is 3.42. The van der Waals surface area contributed by atoms with Crippen molar-refractivity contribution in [3.8, 4) is 0 Å². The van der Waals surface area contributed by atoms with Gasteiger partial charge in [0.2, 0.25) is 10.0 Å². The van der Waals surface area contributed by atoms with E-state index in [1.165, 1.54) is 0 Å². The highest BCUT2D eigenvalue weighted by atomic mass is 32.2. The van der Waals surface area contributed by atoms with Crippen LogP contribution < -0.4 is 4.72 Å². The van der Waals surface area contributed by atoms with E-state index < -0.39 is 27.6 Å². The molecular formula is C13H16F4N2O2S. The van der Waals surface area contributed by atoms with Crippen LogP contribution in [0.1, 0.15) is 17.5 Å². The van der Waals surface area contributed by atoms with Gasteiger partial charge in [-0.25, -0.2) is 17.5 Å². The molecule has 0 aromatic heterocycles. The lowest BCUT2D eigenvalue weighted by atomic mass is 10.1. The Morgan fingerprint density at radius 1 is 1.36 bits per heavy atom. The van der Waals surface area contributed by atoms with E-state index in [-0.39, 0.29) is 18.2 Å². The molecule has 1 aromatic rings. The number of sulfonamides is 1. The number of nitrogens with zero attached hydrogens (tertiary/aromatic N) is 1. The number of likely N-dealkylation sites (tertiary alicyclic amines) is 1. The van der Waals surface area contributed by atoms with E-state index in [9.17, 15) is 26.0 Å². The van der Waals surface area contributed by atoms with E-state index in [0.29, 0.717) is 25.6 Å². The Hall–Kier alpha value is -1.19. The lowest BCUT2D eigenvalue weighted by molar-refractivity contribution is -0.138. The van der Waals surface area contributed by atoms with Gasteiger partial charge in [0.05, 0.1) is 11.8 Å². The summed E-state index contributed by atoms with van der Waals surface area (Å²) in [6, 6.07) is 2.28. The molecule has 0 amide bonds. The molecule has 2 rings (SSSR count). The maximum atomic E-state index is 13.0. The van der Waals surface area contributed by atoms with E-state index in [1.807, 2.05) is 0 Å². The summed E-state index contributed by atoms with van der Waals surface area (Å²) in [5, 5.41) is 0. The fourth-order valence-corrected chi connectivity index (χ4v) is 3.36. The van der Waals surface area contributed by atoms with Crippen molar-refractivity contribution >= 4 is 10.0 Å². The maximum absolute atomic E-state index is 13.0. The van der Waals surface area contributed by atoms with Crippen molar-refractivity contribution < 1.29 is 26.0 Å². The zero-order valence-electron chi connectivity index (χ0n) is 11.8. The van der Waals surface area contributed by atoms with Crippen molar-refractivity contribution in [1.29, 1.82) is 0 Å². The van der Waals surface area contributed by atoms with Gasteiger partial charge in [-0.2, -0.15) is 13.2 Å². The molecule has 1 saturated heterocycles. The number of rotatable bonds is 4. The Labute approximate surface area is 126 Å². The predicted octanol–water partition coefficient (Wildman–Crippen LogP) is 1.97. The molecule has 124 valence electrons. The summed E-state index contributed by atoms with van der Waals surface area (Å²) in [6.45, 7) is 0.792. The fraction of sp³-hybridized carbons (Fsp3) is 0.538. The fourth-order valence-electron chi connectivity index (χ4n) is 2.57. The third kappa shape index (κ3) is 4.65. The highest BCUT2D eigenvalue weighted by Gasteiger charge is 2.35. The van der Waals surface area contributed by atoms with Crippen LogP contribution in [0.25, 0.3) is 0 Å². The average molecular weight is 340 g/mol. The minimum atomic E-state index is -4.62. The highest BCUT2D eigenvalue weighted by molar-refractivity contribution is 7.88. The Morgan fingerprint density at radius 2 is 2.05 bits per heavy atom. The molecule has 22 heavy (non-hydrogen) atoms. The van der Waals surface area contributed by atoms with Crippen LogP contribution in [0.2, 0.25) is 0 Å². The van der Waals surface area contributed by atoms with Gasteiger partial charge in [-0.1, -0.05) is 6.07 Å². The van der Waals surface area contributed by atoms with Gasteiger partial charge in [-0.15, -0.1) is 0 Å². The molecular weight excluding hydrogens is 324 g/mol. The molecule has 1 N–H and O–H groups in total. The molecule has 9 heteroatoms. The van der Waals surface area contributed by atoms with Crippen molar-refractivity contribution in [2.75, 3.05) is 19.3 Å². The van der Waals surface area contributed by atoms with Crippen molar-refractivity contribution in [3.63, 3.8) is 0 Å². The largest absolute Gasteiger partial charge is 0.416 e. The van der Waals surface area contributed by atoms with Crippen LogP contribution in [-0.2, 0) is 22.7 Å². The Morgan fingerprint density at radius 3 is 2.64 bits per heavy atom. The summed E-state index contributed by atoms with van der Waals surface area (Å²) in [4.78, 5) is 1.71. The van der Waals surface area contributed by atoms with Gasteiger partial charge in [0.25, 0.3) is 0 Å². The summed E-state index contributed by atoms with van der Waals surface area (Å²) in [6.07, 6.45) is -3.06. The summed E-state index contributed by atoms with van der Waals surface area (Å²) >= 11 is 0.